The predicted octanol–water partition coefficient (Wildman–Crippen LogP) is 0.863. The van der Waals surface area contributed by atoms with E-state index in [1.807, 2.05) is 4.90 Å². The van der Waals surface area contributed by atoms with Gasteiger partial charge in [0.25, 0.3) is 0 Å². The quantitative estimate of drug-likeness (QED) is 0.670. The molecule has 2 amide bonds. The molecule has 0 aliphatic carbocycles. The van der Waals surface area contributed by atoms with Crippen molar-refractivity contribution < 1.29 is 14.3 Å². The highest BCUT2D eigenvalue weighted by Gasteiger charge is 2.50. The van der Waals surface area contributed by atoms with Crippen LogP contribution in [0, 0.1) is 5.41 Å². The van der Waals surface area contributed by atoms with Crippen molar-refractivity contribution in [2.75, 3.05) is 32.8 Å². The van der Waals surface area contributed by atoms with E-state index >= 15 is 0 Å². The fourth-order valence-corrected chi connectivity index (χ4v) is 2.58. The first kappa shape index (κ1) is 12.0. The van der Waals surface area contributed by atoms with Crippen LogP contribution in [-0.2, 0) is 9.53 Å². The van der Waals surface area contributed by atoms with Gasteiger partial charge in [0.2, 0.25) is 5.91 Å². The second-order valence-corrected chi connectivity index (χ2v) is 4.91. The van der Waals surface area contributed by atoms with Crippen molar-refractivity contribution in [3.63, 3.8) is 0 Å². The lowest BCUT2D eigenvalue weighted by Gasteiger charge is -2.46. The minimum absolute atomic E-state index is 0.120. The Labute approximate surface area is 101 Å². The van der Waals surface area contributed by atoms with Crippen LogP contribution in [0.5, 0.6) is 0 Å². The number of amides is 2. The van der Waals surface area contributed by atoms with Gasteiger partial charge in [0.15, 0.2) is 0 Å². The Bertz CT molecular complexity index is 348. The van der Waals surface area contributed by atoms with Crippen LogP contribution < -0.4 is 0 Å². The van der Waals surface area contributed by atoms with E-state index in [0.29, 0.717) is 13.1 Å². The molecule has 0 aromatic rings. The van der Waals surface area contributed by atoms with Crippen molar-refractivity contribution in [2.45, 2.75) is 13.3 Å². The summed E-state index contributed by atoms with van der Waals surface area (Å²) in [7, 11) is 0. The molecule has 0 atom stereocenters. The first-order valence-corrected chi connectivity index (χ1v) is 5.84. The Balaban J connectivity index is 1.80. The maximum atomic E-state index is 11.5. The van der Waals surface area contributed by atoms with Crippen LogP contribution in [0.25, 0.3) is 0 Å². The summed E-state index contributed by atoms with van der Waals surface area (Å²) in [5.74, 6) is 0.120. The van der Waals surface area contributed by atoms with Gasteiger partial charge in [-0.15, -0.1) is 0 Å². The molecule has 2 aliphatic rings. The van der Waals surface area contributed by atoms with E-state index in [1.165, 1.54) is 0 Å². The van der Waals surface area contributed by atoms with E-state index in [2.05, 4.69) is 6.58 Å². The first-order valence-electron chi connectivity index (χ1n) is 5.84. The molecule has 0 unspecified atom stereocenters. The Kier molecular flexibility index (Phi) is 3.09. The number of carbonyl (C=O) groups is 2. The molecule has 5 heteroatoms. The molecule has 0 bridgehead atoms. The lowest BCUT2D eigenvalue weighted by atomic mass is 9.79. The van der Waals surface area contributed by atoms with Crippen LogP contribution in [0.4, 0.5) is 4.79 Å². The number of ether oxygens (including phenoxy) is 1. The van der Waals surface area contributed by atoms with Gasteiger partial charge in [-0.1, -0.05) is 12.7 Å². The van der Waals surface area contributed by atoms with Gasteiger partial charge in [0.1, 0.15) is 6.61 Å². The average molecular weight is 238 g/mol. The summed E-state index contributed by atoms with van der Waals surface area (Å²) < 4.78 is 4.96. The number of nitrogens with zero attached hydrogens (tertiary/aromatic N) is 2. The Morgan fingerprint density at radius 1 is 1.35 bits per heavy atom. The highest BCUT2D eigenvalue weighted by atomic mass is 16.6. The van der Waals surface area contributed by atoms with Gasteiger partial charge in [-0.2, -0.15) is 0 Å². The molecular weight excluding hydrogens is 220 g/mol. The highest BCUT2D eigenvalue weighted by molar-refractivity contribution is 5.74. The number of hydrogen-bond acceptors (Lipinski definition) is 3. The van der Waals surface area contributed by atoms with Gasteiger partial charge >= 0.3 is 6.09 Å². The fourth-order valence-electron chi connectivity index (χ4n) is 2.58. The molecule has 5 nitrogen and oxygen atoms in total. The zero-order chi connectivity index (χ0) is 12.5. The third kappa shape index (κ3) is 2.28. The maximum absolute atomic E-state index is 11.5. The molecule has 1 spiro atoms. The van der Waals surface area contributed by atoms with E-state index in [9.17, 15) is 9.59 Å². The van der Waals surface area contributed by atoms with Crippen molar-refractivity contribution in [1.82, 2.24) is 9.80 Å². The van der Waals surface area contributed by atoms with E-state index < -0.39 is 0 Å². The van der Waals surface area contributed by atoms with Crippen LogP contribution in [0.1, 0.15) is 13.3 Å². The zero-order valence-corrected chi connectivity index (χ0v) is 10.1. The van der Waals surface area contributed by atoms with E-state index in [4.69, 9.17) is 4.74 Å². The van der Waals surface area contributed by atoms with Crippen LogP contribution in [0.15, 0.2) is 12.7 Å². The van der Waals surface area contributed by atoms with Gasteiger partial charge in [-0.3, -0.25) is 4.79 Å². The second kappa shape index (κ2) is 4.39. The minimum Gasteiger partial charge on any atom is -0.445 e. The molecular formula is C12H18N2O3. The van der Waals surface area contributed by atoms with Gasteiger partial charge in [0.05, 0.1) is 0 Å². The monoisotopic (exact) mass is 238 g/mol. The molecule has 2 fully saturated rings. The molecule has 2 saturated heterocycles. The Hall–Kier alpha value is -1.52. The minimum atomic E-state index is -0.281. The van der Waals surface area contributed by atoms with E-state index in [1.54, 1.807) is 17.9 Å². The predicted molar refractivity (Wildman–Crippen MR) is 62.4 cm³/mol. The zero-order valence-electron chi connectivity index (χ0n) is 10.1. The van der Waals surface area contributed by atoms with Crippen molar-refractivity contribution >= 4 is 12.0 Å². The number of rotatable bonds is 2. The van der Waals surface area contributed by atoms with Crippen LogP contribution in [0.2, 0.25) is 0 Å². The summed E-state index contributed by atoms with van der Waals surface area (Å²) in [5, 5.41) is 0. The SMILES string of the molecule is C=CCOC(=O)N1CC2(CCN(C(C)=O)C2)C1. The maximum Gasteiger partial charge on any atom is 0.410 e. The Morgan fingerprint density at radius 2 is 2.00 bits per heavy atom. The molecule has 2 heterocycles. The molecule has 0 aromatic heterocycles. The van der Waals surface area contributed by atoms with Crippen molar-refractivity contribution in [1.29, 1.82) is 0 Å². The lowest BCUT2D eigenvalue weighted by Crippen LogP contribution is -2.59. The smallest absolute Gasteiger partial charge is 0.410 e. The summed E-state index contributed by atoms with van der Waals surface area (Å²) in [4.78, 5) is 26.3. The molecule has 0 N–H and O–H groups in total. The number of carbonyl (C=O) groups excluding carboxylic acids is 2. The first-order chi connectivity index (χ1) is 8.06. The van der Waals surface area contributed by atoms with Crippen molar-refractivity contribution in [3.05, 3.63) is 12.7 Å². The molecule has 0 radical (unpaired) electrons. The molecule has 0 aromatic carbocycles. The van der Waals surface area contributed by atoms with E-state index in [0.717, 1.165) is 19.5 Å². The summed E-state index contributed by atoms with van der Waals surface area (Å²) in [6.45, 7) is 8.32. The second-order valence-electron chi connectivity index (χ2n) is 4.91. The molecule has 0 saturated carbocycles. The van der Waals surface area contributed by atoms with Crippen LogP contribution >= 0.6 is 0 Å². The van der Waals surface area contributed by atoms with Crippen LogP contribution in [-0.4, -0.2) is 54.6 Å². The van der Waals surface area contributed by atoms with Gasteiger partial charge in [0, 0.05) is 38.5 Å². The average Bonchev–Trinajstić information content (AvgIpc) is 2.68. The standard InChI is InChI=1S/C12H18N2O3/c1-3-6-17-11(16)14-8-12(9-14)4-5-13(7-12)10(2)15/h3H,1,4-9H2,2H3. The lowest BCUT2D eigenvalue weighted by molar-refractivity contribution is -0.128. The van der Waals surface area contributed by atoms with Gasteiger partial charge in [-0.25, -0.2) is 4.79 Å². The summed E-state index contributed by atoms with van der Waals surface area (Å²) in [5.41, 5.74) is 0.124. The van der Waals surface area contributed by atoms with Crippen molar-refractivity contribution in [2.24, 2.45) is 5.41 Å². The number of likely N-dealkylation sites (tertiary alicyclic amines) is 2. The molecule has 94 valence electrons. The fraction of sp³-hybridized carbons (Fsp3) is 0.667. The number of hydrogen-bond donors (Lipinski definition) is 0. The molecule has 2 aliphatic heterocycles. The normalized spacial score (nSPS) is 21.2. The summed E-state index contributed by atoms with van der Waals surface area (Å²) in [6, 6.07) is 0. The molecule has 17 heavy (non-hydrogen) atoms. The summed E-state index contributed by atoms with van der Waals surface area (Å²) in [6.07, 6.45) is 2.26. The largest absolute Gasteiger partial charge is 0.445 e. The highest BCUT2D eigenvalue weighted by Crippen LogP contribution is 2.39. The van der Waals surface area contributed by atoms with E-state index in [-0.39, 0.29) is 24.0 Å². The van der Waals surface area contributed by atoms with Crippen LogP contribution in [0.3, 0.4) is 0 Å². The third-order valence-electron chi connectivity index (χ3n) is 3.52. The molecule has 2 rings (SSSR count). The van der Waals surface area contributed by atoms with Gasteiger partial charge < -0.3 is 14.5 Å². The van der Waals surface area contributed by atoms with Crippen molar-refractivity contribution in [3.8, 4) is 0 Å². The van der Waals surface area contributed by atoms with Gasteiger partial charge in [-0.05, 0) is 6.42 Å². The Morgan fingerprint density at radius 3 is 2.53 bits per heavy atom. The topological polar surface area (TPSA) is 49.9 Å². The third-order valence-corrected chi connectivity index (χ3v) is 3.52. The summed E-state index contributed by atoms with van der Waals surface area (Å²) >= 11 is 0.